The molecule has 0 atom stereocenters. The fraction of sp³-hybridized carbons (Fsp3) is 0.667. The highest BCUT2D eigenvalue weighted by molar-refractivity contribution is 7.86. The molecule has 9 nitrogen and oxygen atoms in total. The maximum Gasteiger partial charge on any atom is 0.410 e. The average Bonchev–Trinajstić information content (AvgIpc) is 2.66. The van der Waals surface area contributed by atoms with Crippen molar-refractivity contribution in [3.8, 4) is 0 Å². The Morgan fingerprint density at radius 3 is 2.00 bits per heavy atom. The number of rotatable bonds is 11. The molecule has 0 saturated heterocycles. The average molecular weight is 501 g/mol. The molecule has 0 aliphatic rings. The first-order valence-corrected chi connectivity index (χ1v) is 12.9. The van der Waals surface area contributed by atoms with Gasteiger partial charge in [-0.2, -0.15) is 8.42 Å². The molecule has 0 aliphatic carbocycles. The standard InChI is InChI=1S/C24H40N2O7S/c1-19-11-13-20(14-12-19)34(29,30)31-18-10-17-26(22(28)33-24(5,6)7)16-9-8-15-25-21(27)32-23(2,3)4/h11-14H,8-10,15-18H2,1-7H3,(H,25,27). The van der Waals surface area contributed by atoms with Crippen LogP contribution in [-0.4, -0.2) is 62.9 Å². The molecule has 1 aromatic rings. The molecule has 0 fully saturated rings. The molecule has 34 heavy (non-hydrogen) atoms. The first-order chi connectivity index (χ1) is 15.6. The maximum absolute atomic E-state index is 12.6. The number of nitrogens with zero attached hydrogens (tertiary/aromatic N) is 1. The van der Waals surface area contributed by atoms with E-state index in [0.717, 1.165) is 5.56 Å². The number of nitrogens with one attached hydrogen (secondary N) is 1. The minimum atomic E-state index is -3.86. The Morgan fingerprint density at radius 2 is 1.44 bits per heavy atom. The molecular formula is C24H40N2O7S. The van der Waals surface area contributed by atoms with Gasteiger partial charge >= 0.3 is 12.2 Å². The Hall–Kier alpha value is -2.33. The molecule has 2 amide bonds. The summed E-state index contributed by atoms with van der Waals surface area (Å²) >= 11 is 0. The molecule has 1 rings (SSSR count). The van der Waals surface area contributed by atoms with E-state index in [1.807, 2.05) is 6.92 Å². The van der Waals surface area contributed by atoms with E-state index in [-0.39, 0.29) is 18.0 Å². The van der Waals surface area contributed by atoms with Gasteiger partial charge < -0.3 is 19.7 Å². The van der Waals surface area contributed by atoms with Crippen LogP contribution < -0.4 is 5.32 Å². The van der Waals surface area contributed by atoms with Crippen molar-refractivity contribution in [2.24, 2.45) is 0 Å². The maximum atomic E-state index is 12.6. The second-order valence-corrected chi connectivity index (χ2v) is 11.7. The van der Waals surface area contributed by atoms with Gasteiger partial charge in [-0.25, -0.2) is 9.59 Å². The first kappa shape index (κ1) is 29.7. The van der Waals surface area contributed by atoms with E-state index in [1.165, 1.54) is 17.0 Å². The topological polar surface area (TPSA) is 111 Å². The van der Waals surface area contributed by atoms with Crippen LogP contribution in [0.1, 0.15) is 66.4 Å². The van der Waals surface area contributed by atoms with Crippen LogP contribution in [0.4, 0.5) is 9.59 Å². The van der Waals surface area contributed by atoms with E-state index in [9.17, 15) is 18.0 Å². The molecule has 0 aliphatic heterocycles. The lowest BCUT2D eigenvalue weighted by Crippen LogP contribution is -2.38. The number of carbonyl (C=O) groups excluding carboxylic acids is 2. The zero-order valence-corrected chi connectivity index (χ0v) is 22.3. The van der Waals surface area contributed by atoms with Crippen molar-refractivity contribution in [1.29, 1.82) is 0 Å². The number of ether oxygens (including phenoxy) is 2. The van der Waals surface area contributed by atoms with Gasteiger partial charge in [-0.1, -0.05) is 17.7 Å². The summed E-state index contributed by atoms with van der Waals surface area (Å²) in [6.45, 7) is 13.6. The van der Waals surface area contributed by atoms with Crippen molar-refractivity contribution in [2.75, 3.05) is 26.2 Å². The summed E-state index contributed by atoms with van der Waals surface area (Å²) < 4.78 is 40.4. The molecule has 0 aromatic heterocycles. The van der Waals surface area contributed by atoms with Crippen molar-refractivity contribution in [2.45, 2.75) is 83.8 Å². The number of benzene rings is 1. The van der Waals surface area contributed by atoms with Crippen LogP contribution in [0.25, 0.3) is 0 Å². The number of carbonyl (C=O) groups is 2. The third-order valence-corrected chi connectivity index (χ3v) is 5.62. The van der Waals surface area contributed by atoms with E-state index < -0.39 is 33.5 Å². The fourth-order valence-electron chi connectivity index (χ4n) is 2.75. The van der Waals surface area contributed by atoms with Gasteiger partial charge in [0, 0.05) is 19.6 Å². The van der Waals surface area contributed by atoms with Crippen LogP contribution in [0, 0.1) is 6.92 Å². The molecule has 0 unspecified atom stereocenters. The van der Waals surface area contributed by atoms with Crippen LogP contribution in [-0.2, 0) is 23.8 Å². The Kier molecular flexibility index (Phi) is 11.3. The number of hydrogen-bond acceptors (Lipinski definition) is 7. The highest BCUT2D eigenvalue weighted by Crippen LogP contribution is 2.15. The third-order valence-electron chi connectivity index (χ3n) is 4.30. The van der Waals surface area contributed by atoms with Gasteiger partial charge in [0.25, 0.3) is 10.1 Å². The Labute approximate surface area is 204 Å². The third kappa shape index (κ3) is 12.8. The number of alkyl carbamates (subject to hydrolysis) is 1. The van der Waals surface area contributed by atoms with Crippen LogP contribution in [0.15, 0.2) is 29.2 Å². The summed E-state index contributed by atoms with van der Waals surface area (Å²) in [5, 5.41) is 2.69. The van der Waals surface area contributed by atoms with Crippen molar-refractivity contribution < 1.29 is 31.7 Å². The van der Waals surface area contributed by atoms with Gasteiger partial charge in [0.1, 0.15) is 11.2 Å². The number of hydrogen-bond donors (Lipinski definition) is 1. The normalized spacial score (nSPS) is 12.2. The van der Waals surface area contributed by atoms with Crippen molar-refractivity contribution in [3.63, 3.8) is 0 Å². The molecule has 0 heterocycles. The predicted octanol–water partition coefficient (Wildman–Crippen LogP) is 4.63. The minimum absolute atomic E-state index is 0.0598. The minimum Gasteiger partial charge on any atom is -0.444 e. The van der Waals surface area contributed by atoms with Crippen LogP contribution in [0.5, 0.6) is 0 Å². The van der Waals surface area contributed by atoms with Crippen LogP contribution in [0.2, 0.25) is 0 Å². The van der Waals surface area contributed by atoms with Gasteiger partial charge in [0.15, 0.2) is 0 Å². The monoisotopic (exact) mass is 500 g/mol. The second-order valence-electron chi connectivity index (χ2n) is 10.0. The smallest absolute Gasteiger partial charge is 0.410 e. The molecule has 1 N–H and O–H groups in total. The largest absolute Gasteiger partial charge is 0.444 e. The van der Waals surface area contributed by atoms with Crippen molar-refractivity contribution in [3.05, 3.63) is 29.8 Å². The zero-order chi connectivity index (χ0) is 26.0. The molecule has 10 heteroatoms. The molecule has 0 saturated carbocycles. The lowest BCUT2D eigenvalue weighted by atomic mass is 10.2. The number of aryl methyl sites for hydroxylation is 1. The van der Waals surface area contributed by atoms with Gasteiger partial charge in [0.2, 0.25) is 0 Å². The summed E-state index contributed by atoms with van der Waals surface area (Å²) in [7, 11) is -3.86. The van der Waals surface area contributed by atoms with E-state index in [4.69, 9.17) is 13.7 Å². The Morgan fingerprint density at radius 1 is 0.882 bits per heavy atom. The Bertz CT molecular complexity index is 885. The van der Waals surface area contributed by atoms with E-state index in [1.54, 1.807) is 53.7 Å². The zero-order valence-electron chi connectivity index (χ0n) is 21.5. The Balaban J connectivity index is 2.53. The molecule has 0 spiro atoms. The van der Waals surface area contributed by atoms with E-state index in [2.05, 4.69) is 5.32 Å². The molecule has 0 radical (unpaired) electrons. The van der Waals surface area contributed by atoms with Crippen LogP contribution in [0.3, 0.4) is 0 Å². The van der Waals surface area contributed by atoms with E-state index in [0.29, 0.717) is 32.4 Å². The SMILES string of the molecule is Cc1ccc(S(=O)(=O)OCCCN(CCCCNC(=O)OC(C)(C)C)C(=O)OC(C)(C)C)cc1. The molecule has 0 bridgehead atoms. The van der Waals surface area contributed by atoms with Crippen LogP contribution >= 0.6 is 0 Å². The summed E-state index contributed by atoms with van der Waals surface area (Å²) in [4.78, 5) is 25.9. The van der Waals surface area contributed by atoms with Crippen molar-refractivity contribution >= 4 is 22.3 Å². The quantitative estimate of drug-likeness (QED) is 0.348. The number of unbranched alkanes of at least 4 members (excludes halogenated alkanes) is 1. The lowest BCUT2D eigenvalue weighted by Gasteiger charge is -2.27. The van der Waals surface area contributed by atoms with Gasteiger partial charge in [-0.05, 0) is 79.9 Å². The highest BCUT2D eigenvalue weighted by Gasteiger charge is 2.22. The lowest BCUT2D eigenvalue weighted by molar-refractivity contribution is 0.0237. The first-order valence-electron chi connectivity index (χ1n) is 11.5. The fourth-order valence-corrected chi connectivity index (χ4v) is 3.69. The summed E-state index contributed by atoms with van der Waals surface area (Å²) in [6, 6.07) is 6.42. The molecule has 1 aromatic carbocycles. The van der Waals surface area contributed by atoms with Gasteiger partial charge in [-0.3, -0.25) is 4.18 Å². The highest BCUT2D eigenvalue weighted by atomic mass is 32.2. The number of amides is 2. The predicted molar refractivity (Wildman–Crippen MR) is 130 cm³/mol. The summed E-state index contributed by atoms with van der Waals surface area (Å²) in [5.41, 5.74) is -0.265. The van der Waals surface area contributed by atoms with E-state index >= 15 is 0 Å². The summed E-state index contributed by atoms with van der Waals surface area (Å²) in [5.74, 6) is 0. The molecular weight excluding hydrogens is 460 g/mol. The van der Waals surface area contributed by atoms with Gasteiger partial charge in [-0.15, -0.1) is 0 Å². The second kappa shape index (κ2) is 12.9. The van der Waals surface area contributed by atoms with Gasteiger partial charge in [0.05, 0.1) is 11.5 Å². The van der Waals surface area contributed by atoms with Crippen molar-refractivity contribution in [1.82, 2.24) is 10.2 Å². The molecule has 194 valence electrons. The summed E-state index contributed by atoms with van der Waals surface area (Å²) in [6.07, 6.45) is 0.618.